The highest BCUT2D eigenvalue weighted by atomic mass is 19.1. The van der Waals surface area contributed by atoms with Crippen molar-refractivity contribution in [2.45, 2.75) is 38.0 Å². The lowest BCUT2D eigenvalue weighted by Gasteiger charge is -2.34. The van der Waals surface area contributed by atoms with Crippen molar-refractivity contribution in [3.63, 3.8) is 0 Å². The van der Waals surface area contributed by atoms with Crippen LogP contribution in [0.1, 0.15) is 43.6 Å². The van der Waals surface area contributed by atoms with E-state index in [0.29, 0.717) is 6.54 Å². The van der Waals surface area contributed by atoms with E-state index in [9.17, 15) is 14.0 Å². The summed E-state index contributed by atoms with van der Waals surface area (Å²) in [5, 5.41) is 0. The van der Waals surface area contributed by atoms with Crippen LogP contribution in [-0.2, 0) is 9.59 Å². The highest BCUT2D eigenvalue weighted by Gasteiger charge is 2.47. The molecule has 4 nitrogen and oxygen atoms in total. The highest BCUT2D eigenvalue weighted by molar-refractivity contribution is 5.85. The van der Waals surface area contributed by atoms with Crippen LogP contribution in [0.3, 0.4) is 0 Å². The Kier molecular flexibility index (Phi) is 4.48. The molecule has 2 aliphatic heterocycles. The fraction of sp³-hybridized carbons (Fsp3) is 0.600. The summed E-state index contributed by atoms with van der Waals surface area (Å²) < 4.78 is 13.4. The number of hydrogen-bond acceptors (Lipinski definition) is 2. The van der Waals surface area contributed by atoms with Gasteiger partial charge >= 0.3 is 0 Å². The van der Waals surface area contributed by atoms with E-state index in [1.165, 1.54) is 12.1 Å². The Morgan fingerprint density at radius 1 is 1.00 bits per heavy atom. The standard InChI is InChI=1S/C20H25FN2O2/c21-16-7-3-5-14(11-16)17-12-18(17)20(25)23-10-4-6-15(13-23)19(24)22-8-1-2-9-22/h3,5,7,11,15,17-18H,1-2,4,6,8-10,12-13H2/t15-,17-,18-/m1/s1. The zero-order valence-electron chi connectivity index (χ0n) is 14.5. The van der Waals surface area contributed by atoms with E-state index in [-0.39, 0.29) is 35.4 Å². The van der Waals surface area contributed by atoms with Crippen LogP contribution in [0.2, 0.25) is 0 Å². The molecule has 2 amide bonds. The fourth-order valence-electron chi connectivity index (χ4n) is 4.38. The fourth-order valence-corrected chi connectivity index (χ4v) is 4.38. The molecule has 0 bridgehead atoms. The number of carbonyl (C=O) groups excluding carboxylic acids is 2. The second-order valence-electron chi connectivity index (χ2n) is 7.66. The van der Waals surface area contributed by atoms with Crippen LogP contribution in [0.5, 0.6) is 0 Å². The quantitative estimate of drug-likeness (QED) is 0.846. The number of benzene rings is 1. The number of carbonyl (C=O) groups is 2. The number of halogens is 1. The summed E-state index contributed by atoms with van der Waals surface area (Å²) in [6.45, 7) is 3.04. The van der Waals surface area contributed by atoms with Gasteiger partial charge in [-0.2, -0.15) is 0 Å². The summed E-state index contributed by atoms with van der Waals surface area (Å²) in [5.41, 5.74) is 0.917. The number of rotatable bonds is 3. The number of piperidine rings is 1. The molecule has 2 heterocycles. The van der Waals surface area contributed by atoms with Crippen LogP contribution in [0, 0.1) is 17.7 Å². The molecule has 25 heavy (non-hydrogen) atoms. The second-order valence-corrected chi connectivity index (χ2v) is 7.66. The first-order valence-electron chi connectivity index (χ1n) is 9.46. The van der Waals surface area contributed by atoms with Gasteiger partial charge in [0.05, 0.1) is 5.92 Å². The molecule has 0 N–H and O–H groups in total. The Morgan fingerprint density at radius 2 is 1.76 bits per heavy atom. The van der Waals surface area contributed by atoms with Crippen molar-refractivity contribution < 1.29 is 14.0 Å². The third-order valence-electron chi connectivity index (χ3n) is 5.88. The molecule has 1 saturated carbocycles. The van der Waals surface area contributed by atoms with Gasteiger partial charge in [-0.05, 0) is 55.7 Å². The maximum absolute atomic E-state index is 13.4. The lowest BCUT2D eigenvalue weighted by molar-refractivity contribution is -0.140. The molecule has 1 aromatic carbocycles. The van der Waals surface area contributed by atoms with Crippen LogP contribution in [-0.4, -0.2) is 47.8 Å². The average Bonchev–Trinajstić information content (AvgIpc) is 3.25. The van der Waals surface area contributed by atoms with Crippen LogP contribution in [0.15, 0.2) is 24.3 Å². The van der Waals surface area contributed by atoms with Crippen LogP contribution in [0.25, 0.3) is 0 Å². The van der Waals surface area contributed by atoms with Gasteiger partial charge in [-0.1, -0.05) is 12.1 Å². The van der Waals surface area contributed by atoms with Crippen LogP contribution in [0.4, 0.5) is 4.39 Å². The minimum atomic E-state index is -0.246. The third kappa shape index (κ3) is 3.42. The Morgan fingerprint density at radius 3 is 2.52 bits per heavy atom. The number of amides is 2. The van der Waals surface area contributed by atoms with E-state index >= 15 is 0 Å². The lowest BCUT2D eigenvalue weighted by atomic mass is 9.96. The Balaban J connectivity index is 1.37. The molecule has 3 aliphatic rings. The van der Waals surface area contributed by atoms with Crippen molar-refractivity contribution in [1.29, 1.82) is 0 Å². The molecule has 3 fully saturated rings. The van der Waals surface area contributed by atoms with Gasteiger partial charge in [-0.25, -0.2) is 4.39 Å². The Hall–Kier alpha value is -1.91. The van der Waals surface area contributed by atoms with E-state index in [1.54, 1.807) is 6.07 Å². The third-order valence-corrected chi connectivity index (χ3v) is 5.88. The van der Waals surface area contributed by atoms with E-state index in [1.807, 2.05) is 15.9 Å². The van der Waals surface area contributed by atoms with Crippen LogP contribution < -0.4 is 0 Å². The number of likely N-dealkylation sites (tertiary alicyclic amines) is 2. The summed E-state index contributed by atoms with van der Waals surface area (Å²) in [4.78, 5) is 29.3. The number of nitrogens with zero attached hydrogens (tertiary/aromatic N) is 2. The smallest absolute Gasteiger partial charge is 0.227 e. The van der Waals surface area contributed by atoms with Gasteiger partial charge in [0.15, 0.2) is 0 Å². The minimum Gasteiger partial charge on any atom is -0.342 e. The first-order chi connectivity index (χ1) is 12.1. The molecule has 0 spiro atoms. The summed E-state index contributed by atoms with van der Waals surface area (Å²) >= 11 is 0. The molecule has 3 atom stereocenters. The average molecular weight is 344 g/mol. The zero-order valence-corrected chi connectivity index (χ0v) is 14.5. The van der Waals surface area contributed by atoms with Gasteiger partial charge in [-0.3, -0.25) is 9.59 Å². The van der Waals surface area contributed by atoms with Crippen molar-refractivity contribution in [2.24, 2.45) is 11.8 Å². The maximum atomic E-state index is 13.4. The molecule has 1 aliphatic carbocycles. The van der Waals surface area contributed by atoms with E-state index in [0.717, 1.165) is 57.3 Å². The van der Waals surface area contributed by atoms with E-state index in [2.05, 4.69) is 0 Å². The molecule has 134 valence electrons. The van der Waals surface area contributed by atoms with Gasteiger partial charge in [0.25, 0.3) is 0 Å². The molecule has 5 heteroatoms. The Labute approximate surface area is 148 Å². The van der Waals surface area contributed by atoms with Crippen molar-refractivity contribution in [3.8, 4) is 0 Å². The molecule has 2 saturated heterocycles. The highest BCUT2D eigenvalue weighted by Crippen LogP contribution is 2.48. The van der Waals surface area contributed by atoms with Gasteiger partial charge in [0.2, 0.25) is 11.8 Å². The van der Waals surface area contributed by atoms with E-state index < -0.39 is 0 Å². The maximum Gasteiger partial charge on any atom is 0.227 e. The van der Waals surface area contributed by atoms with Gasteiger partial charge in [-0.15, -0.1) is 0 Å². The SMILES string of the molecule is O=C([C@@H]1CCCN(C(=O)[C@@H]2C[C@@H]2c2cccc(F)c2)C1)N1CCCC1. The summed E-state index contributed by atoms with van der Waals surface area (Å²) in [5.74, 6) is 0.188. The Bertz CT molecular complexity index is 671. The first kappa shape index (κ1) is 16.6. The zero-order chi connectivity index (χ0) is 17.4. The minimum absolute atomic E-state index is 0.0394. The van der Waals surface area contributed by atoms with Crippen LogP contribution >= 0.6 is 0 Å². The second kappa shape index (κ2) is 6.77. The van der Waals surface area contributed by atoms with Crippen molar-refractivity contribution in [1.82, 2.24) is 9.80 Å². The number of hydrogen-bond donors (Lipinski definition) is 0. The predicted octanol–water partition coefficient (Wildman–Crippen LogP) is 2.79. The van der Waals surface area contributed by atoms with Gasteiger partial charge < -0.3 is 9.80 Å². The summed E-state index contributed by atoms with van der Waals surface area (Å²) in [7, 11) is 0. The predicted molar refractivity (Wildman–Crippen MR) is 92.4 cm³/mol. The van der Waals surface area contributed by atoms with Crippen molar-refractivity contribution >= 4 is 11.8 Å². The topological polar surface area (TPSA) is 40.6 Å². The molecule has 4 rings (SSSR count). The molecule has 0 radical (unpaired) electrons. The monoisotopic (exact) mass is 344 g/mol. The normalized spacial score (nSPS) is 28.9. The van der Waals surface area contributed by atoms with Crippen molar-refractivity contribution in [2.75, 3.05) is 26.2 Å². The largest absolute Gasteiger partial charge is 0.342 e. The molecule has 1 aromatic rings. The van der Waals surface area contributed by atoms with Gasteiger partial charge in [0.1, 0.15) is 5.82 Å². The lowest BCUT2D eigenvalue weighted by Crippen LogP contribution is -2.46. The van der Waals surface area contributed by atoms with Crippen molar-refractivity contribution in [3.05, 3.63) is 35.6 Å². The molecular weight excluding hydrogens is 319 g/mol. The molecule has 0 aromatic heterocycles. The molecular formula is C20H25FN2O2. The summed E-state index contributed by atoms with van der Waals surface area (Å²) in [6.07, 6.45) is 4.77. The first-order valence-corrected chi connectivity index (χ1v) is 9.46. The van der Waals surface area contributed by atoms with Gasteiger partial charge in [0, 0.05) is 32.1 Å². The summed E-state index contributed by atoms with van der Waals surface area (Å²) in [6, 6.07) is 6.57. The van der Waals surface area contributed by atoms with E-state index in [4.69, 9.17) is 0 Å². The molecule has 0 unspecified atom stereocenters.